The molecule has 2 N–H and O–H groups in total. The lowest BCUT2D eigenvalue weighted by molar-refractivity contribution is 0.100. The number of nitrogens with zero attached hydrogens (tertiary/aromatic N) is 1. The SMILES string of the molecule is CC(C#N)NCC1CCCC(O)C1. The number of hydrogen-bond acceptors (Lipinski definition) is 3. The topological polar surface area (TPSA) is 56.0 Å². The van der Waals surface area contributed by atoms with E-state index in [2.05, 4.69) is 11.4 Å². The van der Waals surface area contributed by atoms with E-state index in [9.17, 15) is 5.11 Å². The van der Waals surface area contributed by atoms with Crippen LogP contribution in [0.2, 0.25) is 0 Å². The highest BCUT2D eigenvalue weighted by Gasteiger charge is 2.19. The van der Waals surface area contributed by atoms with Crippen LogP contribution in [0.15, 0.2) is 0 Å². The fraction of sp³-hybridized carbons (Fsp3) is 0.900. The van der Waals surface area contributed by atoms with E-state index in [1.807, 2.05) is 6.92 Å². The average Bonchev–Trinajstić information content (AvgIpc) is 2.14. The van der Waals surface area contributed by atoms with Crippen LogP contribution >= 0.6 is 0 Å². The fourth-order valence-corrected chi connectivity index (χ4v) is 1.84. The number of rotatable bonds is 3. The lowest BCUT2D eigenvalue weighted by atomic mass is 9.87. The highest BCUT2D eigenvalue weighted by Crippen LogP contribution is 2.23. The zero-order valence-electron chi connectivity index (χ0n) is 8.16. The van der Waals surface area contributed by atoms with Crippen molar-refractivity contribution in [1.82, 2.24) is 5.32 Å². The Labute approximate surface area is 79.8 Å². The molecule has 0 heterocycles. The Balaban J connectivity index is 2.17. The van der Waals surface area contributed by atoms with E-state index in [0.29, 0.717) is 5.92 Å². The maximum atomic E-state index is 9.41. The third-order valence-corrected chi connectivity index (χ3v) is 2.66. The van der Waals surface area contributed by atoms with Gasteiger partial charge in [-0.15, -0.1) is 0 Å². The number of nitriles is 1. The highest BCUT2D eigenvalue weighted by atomic mass is 16.3. The van der Waals surface area contributed by atoms with Crippen molar-refractivity contribution < 1.29 is 5.11 Å². The summed E-state index contributed by atoms with van der Waals surface area (Å²) in [7, 11) is 0. The number of aliphatic hydroxyl groups is 1. The van der Waals surface area contributed by atoms with Crippen molar-refractivity contribution in [2.45, 2.75) is 44.8 Å². The first kappa shape index (κ1) is 10.5. The Kier molecular flexibility index (Phi) is 4.20. The Morgan fingerprint density at radius 3 is 3.00 bits per heavy atom. The summed E-state index contributed by atoms with van der Waals surface area (Å²) in [5.41, 5.74) is 0. The summed E-state index contributed by atoms with van der Waals surface area (Å²) < 4.78 is 0. The summed E-state index contributed by atoms with van der Waals surface area (Å²) in [6, 6.07) is 2.07. The van der Waals surface area contributed by atoms with E-state index in [1.165, 1.54) is 6.42 Å². The van der Waals surface area contributed by atoms with E-state index in [-0.39, 0.29) is 12.1 Å². The minimum Gasteiger partial charge on any atom is -0.393 e. The Hall–Kier alpha value is -0.590. The molecule has 1 aliphatic rings. The van der Waals surface area contributed by atoms with Crippen molar-refractivity contribution in [3.8, 4) is 6.07 Å². The van der Waals surface area contributed by atoms with Gasteiger partial charge in [0.2, 0.25) is 0 Å². The third-order valence-electron chi connectivity index (χ3n) is 2.66. The van der Waals surface area contributed by atoms with Gasteiger partial charge in [-0.1, -0.05) is 6.42 Å². The molecule has 0 aliphatic heterocycles. The summed E-state index contributed by atoms with van der Waals surface area (Å²) >= 11 is 0. The second kappa shape index (κ2) is 5.21. The Morgan fingerprint density at radius 1 is 1.62 bits per heavy atom. The first-order valence-electron chi connectivity index (χ1n) is 5.03. The molecule has 1 aliphatic carbocycles. The van der Waals surface area contributed by atoms with Crippen molar-refractivity contribution in [3.63, 3.8) is 0 Å². The summed E-state index contributed by atoms with van der Waals surface area (Å²) in [5.74, 6) is 0.555. The molecule has 3 unspecified atom stereocenters. The van der Waals surface area contributed by atoms with Crippen LogP contribution in [-0.2, 0) is 0 Å². The molecule has 0 bridgehead atoms. The third kappa shape index (κ3) is 3.75. The van der Waals surface area contributed by atoms with Crippen molar-refractivity contribution in [3.05, 3.63) is 0 Å². The molecule has 3 heteroatoms. The van der Waals surface area contributed by atoms with Crippen molar-refractivity contribution in [1.29, 1.82) is 5.26 Å². The molecule has 1 saturated carbocycles. The molecular weight excluding hydrogens is 164 g/mol. The van der Waals surface area contributed by atoms with Gasteiger partial charge in [0.1, 0.15) is 0 Å². The predicted molar refractivity (Wildman–Crippen MR) is 51.0 cm³/mol. The minimum absolute atomic E-state index is 0.0703. The maximum absolute atomic E-state index is 9.41. The predicted octanol–water partition coefficient (Wildman–Crippen LogP) is 1.04. The summed E-state index contributed by atoms with van der Waals surface area (Å²) in [4.78, 5) is 0. The number of nitrogens with one attached hydrogen (secondary N) is 1. The van der Waals surface area contributed by atoms with E-state index in [0.717, 1.165) is 25.8 Å². The molecule has 0 aromatic carbocycles. The van der Waals surface area contributed by atoms with Crippen molar-refractivity contribution >= 4 is 0 Å². The second-order valence-corrected chi connectivity index (χ2v) is 3.95. The van der Waals surface area contributed by atoms with Crippen LogP contribution in [0.25, 0.3) is 0 Å². The molecule has 0 spiro atoms. The molecule has 0 aromatic heterocycles. The van der Waals surface area contributed by atoms with Gasteiger partial charge in [-0.05, 0) is 38.6 Å². The van der Waals surface area contributed by atoms with Crippen LogP contribution in [0, 0.1) is 17.2 Å². The van der Waals surface area contributed by atoms with E-state index < -0.39 is 0 Å². The summed E-state index contributed by atoms with van der Waals surface area (Å²) in [5, 5.41) is 21.1. The average molecular weight is 182 g/mol. The van der Waals surface area contributed by atoms with Crippen LogP contribution in [0.1, 0.15) is 32.6 Å². The normalized spacial score (nSPS) is 30.8. The van der Waals surface area contributed by atoms with Gasteiger partial charge in [0.05, 0.1) is 18.2 Å². The molecule has 3 nitrogen and oxygen atoms in total. The second-order valence-electron chi connectivity index (χ2n) is 3.95. The van der Waals surface area contributed by atoms with Gasteiger partial charge >= 0.3 is 0 Å². The maximum Gasteiger partial charge on any atom is 0.0924 e. The van der Waals surface area contributed by atoms with Crippen LogP contribution in [0.3, 0.4) is 0 Å². The van der Waals surface area contributed by atoms with Gasteiger partial charge in [-0.3, -0.25) is 0 Å². The molecule has 0 radical (unpaired) electrons. The van der Waals surface area contributed by atoms with Gasteiger partial charge in [0.15, 0.2) is 0 Å². The molecule has 0 saturated heterocycles. The summed E-state index contributed by atoms with van der Waals surface area (Å²) in [6.45, 7) is 2.73. The minimum atomic E-state index is -0.113. The molecule has 13 heavy (non-hydrogen) atoms. The van der Waals surface area contributed by atoms with Gasteiger partial charge in [-0.2, -0.15) is 5.26 Å². The molecule has 0 amide bonds. The smallest absolute Gasteiger partial charge is 0.0924 e. The van der Waals surface area contributed by atoms with Gasteiger partial charge in [0.25, 0.3) is 0 Å². The molecule has 1 fully saturated rings. The number of hydrogen-bond donors (Lipinski definition) is 2. The number of aliphatic hydroxyl groups excluding tert-OH is 1. The van der Waals surface area contributed by atoms with Crippen LogP contribution in [-0.4, -0.2) is 23.8 Å². The Bertz CT molecular complexity index is 188. The lowest BCUT2D eigenvalue weighted by Gasteiger charge is -2.26. The van der Waals surface area contributed by atoms with Crippen molar-refractivity contribution in [2.75, 3.05) is 6.54 Å². The molecule has 3 atom stereocenters. The van der Waals surface area contributed by atoms with Crippen LogP contribution < -0.4 is 5.32 Å². The molecular formula is C10H18N2O. The largest absolute Gasteiger partial charge is 0.393 e. The highest BCUT2D eigenvalue weighted by molar-refractivity contribution is 4.86. The first-order chi connectivity index (χ1) is 6.22. The lowest BCUT2D eigenvalue weighted by Crippen LogP contribution is -2.33. The summed E-state index contributed by atoms with van der Waals surface area (Å²) in [6.07, 6.45) is 4.03. The van der Waals surface area contributed by atoms with Gasteiger partial charge in [0, 0.05) is 0 Å². The van der Waals surface area contributed by atoms with Crippen LogP contribution in [0.4, 0.5) is 0 Å². The zero-order chi connectivity index (χ0) is 9.68. The van der Waals surface area contributed by atoms with E-state index in [4.69, 9.17) is 5.26 Å². The van der Waals surface area contributed by atoms with Gasteiger partial charge in [-0.25, -0.2) is 0 Å². The quantitative estimate of drug-likeness (QED) is 0.685. The Morgan fingerprint density at radius 2 is 2.38 bits per heavy atom. The fourth-order valence-electron chi connectivity index (χ4n) is 1.84. The van der Waals surface area contributed by atoms with E-state index in [1.54, 1.807) is 0 Å². The molecule has 0 aromatic rings. The molecule has 1 rings (SSSR count). The standard InChI is InChI=1S/C10H18N2O/c1-8(6-11)12-7-9-3-2-4-10(13)5-9/h8-10,12-13H,2-5,7H2,1H3. The van der Waals surface area contributed by atoms with Crippen LogP contribution in [0.5, 0.6) is 0 Å². The monoisotopic (exact) mass is 182 g/mol. The zero-order valence-corrected chi connectivity index (χ0v) is 8.16. The molecule has 74 valence electrons. The first-order valence-corrected chi connectivity index (χ1v) is 5.03. The van der Waals surface area contributed by atoms with Gasteiger partial charge < -0.3 is 10.4 Å². The van der Waals surface area contributed by atoms with Crippen molar-refractivity contribution in [2.24, 2.45) is 5.92 Å². The van der Waals surface area contributed by atoms with E-state index >= 15 is 0 Å².